The van der Waals surface area contributed by atoms with Crippen LogP contribution in [0.15, 0.2) is 54.1 Å². The molecule has 0 aromatic heterocycles. The number of carbonyl (C=O) groups excluding carboxylic acids is 4. The van der Waals surface area contributed by atoms with Crippen LogP contribution >= 0.6 is 0 Å². The molecular formula is C28H28N2O5. The summed E-state index contributed by atoms with van der Waals surface area (Å²) in [6, 6.07) is 12.2. The Morgan fingerprint density at radius 1 is 0.914 bits per heavy atom. The Kier molecular flexibility index (Phi) is 5.79. The lowest BCUT2D eigenvalue weighted by Gasteiger charge is -2.20. The van der Waals surface area contributed by atoms with Crippen molar-refractivity contribution in [1.29, 1.82) is 0 Å². The fourth-order valence-corrected chi connectivity index (χ4v) is 5.28. The van der Waals surface area contributed by atoms with Crippen LogP contribution in [0.3, 0.4) is 0 Å². The molecule has 0 unspecified atom stereocenters. The summed E-state index contributed by atoms with van der Waals surface area (Å²) in [6.45, 7) is 6.21. The summed E-state index contributed by atoms with van der Waals surface area (Å²) in [4.78, 5) is 54.1. The number of rotatable bonds is 4. The molecule has 0 N–H and O–H groups in total. The Balaban J connectivity index is 1.25. The van der Waals surface area contributed by atoms with Crippen LogP contribution in [0.4, 0.5) is 11.4 Å². The minimum Gasteiger partial charge on any atom is -0.426 e. The van der Waals surface area contributed by atoms with E-state index in [-0.39, 0.29) is 42.5 Å². The number of aryl methyl sites for hydroxylation is 1. The quantitative estimate of drug-likeness (QED) is 0.289. The molecule has 0 bridgehead atoms. The van der Waals surface area contributed by atoms with Crippen LogP contribution in [0.2, 0.25) is 0 Å². The van der Waals surface area contributed by atoms with E-state index in [2.05, 4.69) is 0 Å². The van der Waals surface area contributed by atoms with Crippen LogP contribution in [0.5, 0.6) is 5.75 Å². The molecule has 1 aliphatic carbocycles. The molecule has 2 aromatic rings. The molecule has 2 fully saturated rings. The zero-order chi connectivity index (χ0) is 24.9. The highest BCUT2D eigenvalue weighted by Crippen LogP contribution is 2.40. The Labute approximate surface area is 204 Å². The number of hydrogen-bond acceptors (Lipinski definition) is 5. The van der Waals surface area contributed by atoms with E-state index >= 15 is 0 Å². The van der Waals surface area contributed by atoms with Crippen molar-refractivity contribution >= 4 is 35.1 Å². The summed E-state index contributed by atoms with van der Waals surface area (Å²) < 4.78 is 5.55. The van der Waals surface area contributed by atoms with Gasteiger partial charge in [-0.05, 0) is 75.1 Å². The van der Waals surface area contributed by atoms with Gasteiger partial charge in [0.2, 0.25) is 17.7 Å². The molecule has 7 heteroatoms. The Morgan fingerprint density at radius 2 is 1.63 bits per heavy atom. The third-order valence-corrected chi connectivity index (χ3v) is 7.46. The second kappa shape index (κ2) is 8.80. The number of anilines is 2. The predicted molar refractivity (Wildman–Crippen MR) is 131 cm³/mol. The van der Waals surface area contributed by atoms with Crippen molar-refractivity contribution in [3.8, 4) is 5.75 Å². The van der Waals surface area contributed by atoms with Crippen molar-refractivity contribution in [2.75, 3.05) is 16.3 Å². The third-order valence-electron chi connectivity index (χ3n) is 7.46. The monoisotopic (exact) mass is 472 g/mol. The third kappa shape index (κ3) is 4.05. The highest BCUT2D eigenvalue weighted by atomic mass is 16.5. The summed E-state index contributed by atoms with van der Waals surface area (Å²) >= 11 is 0. The fraction of sp³-hybridized carbons (Fsp3) is 0.357. The van der Waals surface area contributed by atoms with Crippen molar-refractivity contribution in [3.63, 3.8) is 0 Å². The highest BCUT2D eigenvalue weighted by molar-refractivity contribution is 6.22. The molecule has 2 saturated heterocycles. The lowest BCUT2D eigenvalue weighted by Crippen LogP contribution is -2.30. The van der Waals surface area contributed by atoms with Gasteiger partial charge in [-0.1, -0.05) is 23.8 Å². The molecule has 7 nitrogen and oxygen atoms in total. The van der Waals surface area contributed by atoms with E-state index in [4.69, 9.17) is 4.74 Å². The number of ether oxygens (including phenoxy) is 1. The molecule has 2 aromatic carbocycles. The summed E-state index contributed by atoms with van der Waals surface area (Å²) in [5, 5.41) is 0. The molecular weight excluding hydrogens is 444 g/mol. The number of esters is 1. The topological polar surface area (TPSA) is 84.0 Å². The molecule has 2 aliphatic heterocycles. The number of benzene rings is 2. The standard InChI is InChI=1S/C28H28N2O5/c1-16-7-12-22-23(13-16)27(33)30(26(22)32)20-8-10-21(11-9-20)35-28(34)19-14-25(31)29(15-19)24-6-4-5-17(2)18(24)3/h4-11,19,22-23H,12-15H2,1-3H3/t19-,22+,23-/m1/s1. The number of carbonyl (C=O) groups is 4. The number of amides is 3. The predicted octanol–water partition coefficient (Wildman–Crippen LogP) is 4.11. The van der Waals surface area contributed by atoms with E-state index < -0.39 is 11.9 Å². The Morgan fingerprint density at radius 3 is 2.37 bits per heavy atom. The molecule has 180 valence electrons. The van der Waals surface area contributed by atoms with Gasteiger partial charge in [-0.25, -0.2) is 0 Å². The van der Waals surface area contributed by atoms with Crippen molar-refractivity contribution in [3.05, 3.63) is 65.2 Å². The second-order valence-corrected chi connectivity index (χ2v) is 9.75. The van der Waals surface area contributed by atoms with Crippen molar-refractivity contribution < 1.29 is 23.9 Å². The van der Waals surface area contributed by atoms with Crippen LogP contribution in [0.25, 0.3) is 0 Å². The lowest BCUT2D eigenvalue weighted by molar-refractivity contribution is -0.139. The normalized spacial score (nSPS) is 24.0. The molecule has 35 heavy (non-hydrogen) atoms. The smallest absolute Gasteiger partial charge is 0.316 e. The van der Waals surface area contributed by atoms with E-state index in [1.807, 2.05) is 45.0 Å². The van der Waals surface area contributed by atoms with Crippen LogP contribution in [-0.2, 0) is 19.2 Å². The lowest BCUT2D eigenvalue weighted by atomic mass is 9.82. The summed E-state index contributed by atoms with van der Waals surface area (Å²) in [5.74, 6) is -1.78. The molecule has 0 radical (unpaired) electrons. The average molecular weight is 473 g/mol. The zero-order valence-electron chi connectivity index (χ0n) is 20.1. The van der Waals surface area contributed by atoms with Gasteiger partial charge in [0, 0.05) is 18.7 Å². The second-order valence-electron chi connectivity index (χ2n) is 9.75. The summed E-state index contributed by atoms with van der Waals surface area (Å²) in [5.41, 5.74) is 4.53. The van der Waals surface area contributed by atoms with Gasteiger partial charge in [0.15, 0.2) is 0 Å². The largest absolute Gasteiger partial charge is 0.426 e. The first-order chi connectivity index (χ1) is 16.7. The minimum atomic E-state index is -0.567. The number of nitrogens with zero attached hydrogens (tertiary/aromatic N) is 2. The average Bonchev–Trinajstić information content (AvgIpc) is 3.33. The first kappa shape index (κ1) is 23.0. The first-order valence-electron chi connectivity index (χ1n) is 12.0. The molecule has 3 atom stereocenters. The maximum atomic E-state index is 12.9. The maximum absolute atomic E-state index is 12.9. The number of fused-ring (bicyclic) bond motifs is 1. The van der Waals surface area contributed by atoms with Crippen LogP contribution < -0.4 is 14.5 Å². The van der Waals surface area contributed by atoms with Gasteiger partial charge in [-0.15, -0.1) is 0 Å². The van der Waals surface area contributed by atoms with E-state index in [0.717, 1.165) is 22.4 Å². The maximum Gasteiger partial charge on any atom is 0.316 e. The molecule has 2 heterocycles. The zero-order valence-corrected chi connectivity index (χ0v) is 20.1. The van der Waals surface area contributed by atoms with Gasteiger partial charge in [0.1, 0.15) is 5.75 Å². The minimum absolute atomic E-state index is 0.0946. The van der Waals surface area contributed by atoms with Gasteiger partial charge >= 0.3 is 5.97 Å². The molecule has 3 amide bonds. The number of allylic oxidation sites excluding steroid dienone is 2. The summed E-state index contributed by atoms with van der Waals surface area (Å²) in [6.07, 6.45) is 3.33. The molecule has 5 rings (SSSR count). The Bertz CT molecular complexity index is 1260. The molecule has 0 spiro atoms. The van der Waals surface area contributed by atoms with E-state index in [1.165, 1.54) is 4.90 Å². The summed E-state index contributed by atoms with van der Waals surface area (Å²) in [7, 11) is 0. The highest BCUT2D eigenvalue weighted by Gasteiger charge is 2.48. The van der Waals surface area contributed by atoms with Crippen molar-refractivity contribution in [2.24, 2.45) is 17.8 Å². The van der Waals surface area contributed by atoms with Crippen LogP contribution in [0, 0.1) is 31.6 Å². The van der Waals surface area contributed by atoms with E-state index in [9.17, 15) is 19.2 Å². The Hall–Kier alpha value is -3.74. The molecule has 3 aliphatic rings. The van der Waals surface area contributed by atoms with Gasteiger partial charge in [-0.2, -0.15) is 0 Å². The van der Waals surface area contributed by atoms with Gasteiger partial charge in [0.25, 0.3) is 0 Å². The number of imide groups is 1. The van der Waals surface area contributed by atoms with E-state index in [1.54, 1.807) is 29.2 Å². The van der Waals surface area contributed by atoms with Gasteiger partial charge in [-0.3, -0.25) is 24.1 Å². The van der Waals surface area contributed by atoms with E-state index in [0.29, 0.717) is 24.3 Å². The first-order valence-corrected chi connectivity index (χ1v) is 12.0. The van der Waals surface area contributed by atoms with Gasteiger partial charge < -0.3 is 9.64 Å². The van der Waals surface area contributed by atoms with Crippen molar-refractivity contribution in [1.82, 2.24) is 0 Å². The SMILES string of the molecule is CC1=CC[C@@H]2C(=O)N(c3ccc(OC(=O)[C@@H]4CC(=O)N(c5cccc(C)c5C)C4)cc3)C(=O)[C@@H]2C1. The fourth-order valence-electron chi connectivity index (χ4n) is 5.28. The van der Waals surface area contributed by atoms with Crippen LogP contribution in [0.1, 0.15) is 37.3 Å². The van der Waals surface area contributed by atoms with Gasteiger partial charge in [0.05, 0.1) is 23.4 Å². The molecule has 0 saturated carbocycles. The number of hydrogen-bond donors (Lipinski definition) is 0. The van der Waals surface area contributed by atoms with Crippen molar-refractivity contribution in [2.45, 2.75) is 40.0 Å². The van der Waals surface area contributed by atoms with Crippen LogP contribution in [-0.4, -0.2) is 30.2 Å².